The Labute approximate surface area is 134 Å². The highest BCUT2D eigenvalue weighted by molar-refractivity contribution is 5.84. The Kier molecular flexibility index (Phi) is 6.11. The second-order valence-electron chi connectivity index (χ2n) is 4.66. The number of nitrogens with one attached hydrogen (secondary N) is 2. The first-order valence-corrected chi connectivity index (χ1v) is 7.21. The van der Waals surface area contributed by atoms with Crippen LogP contribution in [0.4, 0.5) is 10.1 Å². The van der Waals surface area contributed by atoms with Crippen LogP contribution in [0.3, 0.4) is 0 Å². The molecular formula is C17H18FN3O2. The van der Waals surface area contributed by atoms with Crippen molar-refractivity contribution in [1.29, 1.82) is 0 Å². The Morgan fingerprint density at radius 1 is 1.17 bits per heavy atom. The average molecular weight is 315 g/mol. The van der Waals surface area contributed by atoms with Gasteiger partial charge in [-0.25, -0.2) is 9.82 Å². The number of rotatable bonds is 7. The highest BCUT2D eigenvalue weighted by Crippen LogP contribution is 2.15. The second-order valence-corrected chi connectivity index (χ2v) is 4.66. The van der Waals surface area contributed by atoms with Crippen molar-refractivity contribution < 1.29 is 13.9 Å². The number of nitrogens with zero attached hydrogens (tertiary/aromatic N) is 1. The summed E-state index contributed by atoms with van der Waals surface area (Å²) in [7, 11) is 0. The maximum Gasteiger partial charge on any atom is 0.259 e. The fourth-order valence-corrected chi connectivity index (χ4v) is 1.79. The maximum absolute atomic E-state index is 12.7. The van der Waals surface area contributed by atoms with E-state index in [0.29, 0.717) is 12.2 Å². The van der Waals surface area contributed by atoms with E-state index in [1.54, 1.807) is 12.1 Å². The second kappa shape index (κ2) is 8.53. The lowest BCUT2D eigenvalue weighted by atomic mass is 10.2. The molecule has 2 N–H and O–H groups in total. The number of ether oxygens (including phenoxy) is 1. The van der Waals surface area contributed by atoms with Gasteiger partial charge in [-0.3, -0.25) is 4.79 Å². The van der Waals surface area contributed by atoms with Crippen LogP contribution in [0.2, 0.25) is 0 Å². The third-order valence-corrected chi connectivity index (χ3v) is 2.89. The molecule has 0 saturated heterocycles. The minimum Gasteiger partial charge on any atom is -0.494 e. The number of hydrogen-bond donors (Lipinski definition) is 2. The zero-order chi connectivity index (χ0) is 16.5. The van der Waals surface area contributed by atoms with Crippen LogP contribution in [-0.2, 0) is 4.79 Å². The molecule has 0 aromatic heterocycles. The molecule has 0 fully saturated rings. The molecule has 0 saturated carbocycles. The van der Waals surface area contributed by atoms with Gasteiger partial charge in [-0.2, -0.15) is 5.10 Å². The topological polar surface area (TPSA) is 62.7 Å². The Bertz CT molecular complexity index is 655. The smallest absolute Gasteiger partial charge is 0.259 e. The van der Waals surface area contributed by atoms with E-state index in [1.165, 1.54) is 18.3 Å². The summed E-state index contributed by atoms with van der Waals surface area (Å²) in [6.45, 7) is 2.62. The van der Waals surface area contributed by atoms with Crippen LogP contribution in [-0.4, -0.2) is 25.3 Å². The zero-order valence-corrected chi connectivity index (χ0v) is 12.8. The number of halogens is 1. The minimum absolute atomic E-state index is 0.0920. The lowest BCUT2D eigenvalue weighted by Gasteiger charge is -2.07. The molecule has 0 atom stereocenters. The van der Waals surface area contributed by atoms with E-state index in [9.17, 15) is 9.18 Å². The van der Waals surface area contributed by atoms with E-state index in [0.717, 1.165) is 11.4 Å². The predicted octanol–water partition coefficient (Wildman–Crippen LogP) is 2.79. The molecule has 120 valence electrons. The summed E-state index contributed by atoms with van der Waals surface area (Å²) in [5.74, 6) is 0.189. The monoisotopic (exact) mass is 315 g/mol. The van der Waals surface area contributed by atoms with Crippen molar-refractivity contribution in [3.63, 3.8) is 0 Å². The normalized spacial score (nSPS) is 10.5. The van der Waals surface area contributed by atoms with Gasteiger partial charge in [0.2, 0.25) is 0 Å². The molecular weight excluding hydrogens is 297 g/mol. The van der Waals surface area contributed by atoms with E-state index < -0.39 is 0 Å². The lowest BCUT2D eigenvalue weighted by molar-refractivity contribution is -0.119. The minimum atomic E-state index is -0.314. The SMILES string of the molecule is CCOc1ccc(NCC(=O)N/N=C/c2ccc(F)cc2)cc1. The first-order chi connectivity index (χ1) is 11.2. The molecule has 0 aliphatic rings. The van der Waals surface area contributed by atoms with Crippen molar-refractivity contribution in [2.24, 2.45) is 5.10 Å². The van der Waals surface area contributed by atoms with Gasteiger partial charge in [-0.1, -0.05) is 12.1 Å². The largest absolute Gasteiger partial charge is 0.494 e. The number of carbonyl (C=O) groups is 1. The van der Waals surface area contributed by atoms with Crippen LogP contribution in [0.15, 0.2) is 53.6 Å². The Morgan fingerprint density at radius 3 is 2.52 bits per heavy atom. The first-order valence-electron chi connectivity index (χ1n) is 7.21. The van der Waals surface area contributed by atoms with Gasteiger partial charge in [-0.05, 0) is 48.9 Å². The molecule has 5 nitrogen and oxygen atoms in total. The van der Waals surface area contributed by atoms with E-state index in [4.69, 9.17) is 4.74 Å². The summed E-state index contributed by atoms with van der Waals surface area (Å²) in [6.07, 6.45) is 1.45. The summed E-state index contributed by atoms with van der Waals surface area (Å²) in [6, 6.07) is 13.1. The molecule has 6 heteroatoms. The highest BCUT2D eigenvalue weighted by Gasteiger charge is 2.00. The molecule has 2 aromatic carbocycles. The lowest BCUT2D eigenvalue weighted by Crippen LogP contribution is -2.25. The fraction of sp³-hybridized carbons (Fsp3) is 0.176. The maximum atomic E-state index is 12.7. The van der Waals surface area contributed by atoms with Crippen LogP contribution in [0.1, 0.15) is 12.5 Å². The standard InChI is InChI=1S/C17H18FN3O2/c1-2-23-16-9-7-15(8-10-16)19-12-17(22)21-20-11-13-3-5-14(18)6-4-13/h3-11,19H,2,12H2,1H3,(H,21,22)/b20-11+. The first kappa shape index (κ1) is 16.5. The number of carbonyl (C=O) groups excluding carboxylic acids is 1. The third kappa shape index (κ3) is 5.78. The number of hydrazone groups is 1. The van der Waals surface area contributed by atoms with E-state index in [2.05, 4.69) is 15.8 Å². The van der Waals surface area contributed by atoms with Crippen LogP contribution in [0.25, 0.3) is 0 Å². The molecule has 2 aromatic rings. The number of benzene rings is 2. The van der Waals surface area contributed by atoms with Crippen molar-refractivity contribution >= 4 is 17.8 Å². The Balaban J connectivity index is 1.75. The van der Waals surface area contributed by atoms with Crippen LogP contribution < -0.4 is 15.5 Å². The Morgan fingerprint density at radius 2 is 1.87 bits per heavy atom. The van der Waals surface area contributed by atoms with Crippen molar-refractivity contribution in [3.05, 3.63) is 59.9 Å². The molecule has 23 heavy (non-hydrogen) atoms. The molecule has 0 bridgehead atoms. The van der Waals surface area contributed by atoms with E-state index in [-0.39, 0.29) is 18.3 Å². The molecule has 0 aliphatic carbocycles. The molecule has 0 heterocycles. The highest BCUT2D eigenvalue weighted by atomic mass is 19.1. The zero-order valence-electron chi connectivity index (χ0n) is 12.8. The Hall–Kier alpha value is -2.89. The molecule has 0 radical (unpaired) electrons. The quantitative estimate of drug-likeness (QED) is 0.610. The summed E-state index contributed by atoms with van der Waals surface area (Å²) >= 11 is 0. The molecule has 0 spiro atoms. The van der Waals surface area contributed by atoms with Crippen molar-refractivity contribution in [3.8, 4) is 5.75 Å². The van der Waals surface area contributed by atoms with E-state index in [1.807, 2.05) is 31.2 Å². The molecule has 0 aliphatic heterocycles. The fourth-order valence-electron chi connectivity index (χ4n) is 1.79. The van der Waals surface area contributed by atoms with Crippen LogP contribution in [0, 0.1) is 5.82 Å². The van der Waals surface area contributed by atoms with Gasteiger partial charge in [0.05, 0.1) is 19.4 Å². The molecule has 1 amide bonds. The third-order valence-electron chi connectivity index (χ3n) is 2.89. The summed E-state index contributed by atoms with van der Waals surface area (Å²) < 4.78 is 18.1. The van der Waals surface area contributed by atoms with Crippen molar-refractivity contribution in [2.75, 3.05) is 18.5 Å². The van der Waals surface area contributed by atoms with Crippen LogP contribution >= 0.6 is 0 Å². The summed E-state index contributed by atoms with van der Waals surface area (Å²) in [4.78, 5) is 11.7. The van der Waals surface area contributed by atoms with Crippen molar-refractivity contribution in [1.82, 2.24) is 5.43 Å². The van der Waals surface area contributed by atoms with Gasteiger partial charge in [0.15, 0.2) is 0 Å². The van der Waals surface area contributed by atoms with Gasteiger partial charge in [-0.15, -0.1) is 0 Å². The summed E-state index contributed by atoms with van der Waals surface area (Å²) in [5, 5.41) is 6.79. The van der Waals surface area contributed by atoms with E-state index >= 15 is 0 Å². The van der Waals surface area contributed by atoms with Crippen LogP contribution in [0.5, 0.6) is 5.75 Å². The molecule has 0 unspecified atom stereocenters. The number of anilines is 1. The van der Waals surface area contributed by atoms with Crippen molar-refractivity contribution in [2.45, 2.75) is 6.92 Å². The summed E-state index contributed by atoms with van der Waals surface area (Å²) in [5.41, 5.74) is 3.91. The van der Waals surface area contributed by atoms with Gasteiger partial charge in [0, 0.05) is 5.69 Å². The van der Waals surface area contributed by atoms with Gasteiger partial charge in [0.1, 0.15) is 11.6 Å². The van der Waals surface area contributed by atoms with Gasteiger partial charge < -0.3 is 10.1 Å². The van der Waals surface area contributed by atoms with Gasteiger partial charge in [0.25, 0.3) is 5.91 Å². The number of hydrogen-bond acceptors (Lipinski definition) is 4. The van der Waals surface area contributed by atoms with Gasteiger partial charge >= 0.3 is 0 Å². The number of amides is 1. The molecule has 2 rings (SSSR count). The predicted molar refractivity (Wildman–Crippen MR) is 88.2 cm³/mol. The average Bonchev–Trinajstić information content (AvgIpc) is 2.56.